The summed E-state index contributed by atoms with van der Waals surface area (Å²) in [7, 11) is -0.712. The first-order valence-corrected chi connectivity index (χ1v) is 6.91. The maximum Gasteiger partial charge on any atom is 0.269 e. The molecule has 19 heavy (non-hydrogen) atoms. The zero-order valence-electron chi connectivity index (χ0n) is 10.8. The van der Waals surface area contributed by atoms with Crippen LogP contribution in [-0.2, 0) is 10.0 Å². The van der Waals surface area contributed by atoms with Gasteiger partial charge < -0.3 is 9.47 Å². The Kier molecular flexibility index (Phi) is 3.48. The summed E-state index contributed by atoms with van der Waals surface area (Å²) in [5.41, 5.74) is 0.629. The molecule has 0 radical (unpaired) electrons. The van der Waals surface area contributed by atoms with E-state index >= 15 is 0 Å². The van der Waals surface area contributed by atoms with E-state index < -0.39 is 10.0 Å². The molecule has 2 rings (SSSR count). The Morgan fingerprint density at radius 2 is 1.84 bits per heavy atom. The lowest BCUT2D eigenvalue weighted by atomic mass is 10.3. The maximum absolute atomic E-state index is 12.3. The van der Waals surface area contributed by atoms with Crippen molar-refractivity contribution >= 4 is 10.0 Å². The number of aryl methyl sites for hydroxylation is 1. The standard InChI is InChI=1S/C12H14N2O4S/c1-9-7-14(8-13-9)19(15,16)10-4-5-11(17-2)12(6-10)18-3/h4-8H,1-3H3. The van der Waals surface area contributed by atoms with Gasteiger partial charge in [0.1, 0.15) is 6.33 Å². The number of imidazole rings is 1. The van der Waals surface area contributed by atoms with Crippen molar-refractivity contribution in [1.82, 2.24) is 8.96 Å². The average molecular weight is 282 g/mol. The van der Waals surface area contributed by atoms with Crippen molar-refractivity contribution in [3.8, 4) is 11.5 Å². The van der Waals surface area contributed by atoms with Crippen LogP contribution in [0.5, 0.6) is 11.5 Å². The molecule has 0 fully saturated rings. The van der Waals surface area contributed by atoms with Crippen molar-refractivity contribution in [3.05, 3.63) is 36.4 Å². The summed E-state index contributed by atoms with van der Waals surface area (Å²) < 4.78 is 35.9. The monoisotopic (exact) mass is 282 g/mol. The molecular formula is C12H14N2O4S. The fraction of sp³-hybridized carbons (Fsp3) is 0.250. The summed E-state index contributed by atoms with van der Waals surface area (Å²) in [6.07, 6.45) is 2.72. The molecule has 0 bridgehead atoms. The topological polar surface area (TPSA) is 70.4 Å². The van der Waals surface area contributed by atoms with E-state index in [1.165, 1.54) is 38.9 Å². The summed E-state index contributed by atoms with van der Waals surface area (Å²) >= 11 is 0. The second kappa shape index (κ2) is 4.93. The van der Waals surface area contributed by atoms with Crippen molar-refractivity contribution in [3.63, 3.8) is 0 Å². The fourth-order valence-electron chi connectivity index (χ4n) is 1.63. The zero-order valence-corrected chi connectivity index (χ0v) is 11.6. The van der Waals surface area contributed by atoms with Crippen LogP contribution in [0.2, 0.25) is 0 Å². The minimum absolute atomic E-state index is 0.113. The van der Waals surface area contributed by atoms with Crippen molar-refractivity contribution < 1.29 is 17.9 Å². The molecule has 0 amide bonds. The van der Waals surface area contributed by atoms with Gasteiger partial charge in [0.05, 0.1) is 24.8 Å². The molecule has 1 heterocycles. The predicted molar refractivity (Wildman–Crippen MR) is 69.1 cm³/mol. The van der Waals surface area contributed by atoms with Gasteiger partial charge in [0.15, 0.2) is 11.5 Å². The van der Waals surface area contributed by atoms with Gasteiger partial charge in [0, 0.05) is 12.3 Å². The van der Waals surface area contributed by atoms with Crippen LogP contribution in [0, 0.1) is 6.92 Å². The number of hydrogen-bond acceptors (Lipinski definition) is 5. The third-order valence-electron chi connectivity index (χ3n) is 2.62. The van der Waals surface area contributed by atoms with E-state index in [4.69, 9.17) is 9.47 Å². The highest BCUT2D eigenvalue weighted by Gasteiger charge is 2.19. The Morgan fingerprint density at radius 1 is 1.16 bits per heavy atom. The highest BCUT2D eigenvalue weighted by atomic mass is 32.2. The third kappa shape index (κ3) is 2.41. The van der Waals surface area contributed by atoms with Crippen molar-refractivity contribution in [2.75, 3.05) is 14.2 Å². The molecule has 0 aliphatic rings. The van der Waals surface area contributed by atoms with Crippen LogP contribution in [0.25, 0.3) is 0 Å². The van der Waals surface area contributed by atoms with Gasteiger partial charge in [-0.3, -0.25) is 0 Å². The summed E-state index contributed by atoms with van der Waals surface area (Å²) in [4.78, 5) is 4.03. The fourth-order valence-corrected chi connectivity index (χ4v) is 2.83. The Labute approximate surface area is 111 Å². The normalized spacial score (nSPS) is 11.3. The van der Waals surface area contributed by atoms with Gasteiger partial charge in [-0.1, -0.05) is 0 Å². The molecule has 0 spiro atoms. The van der Waals surface area contributed by atoms with Gasteiger partial charge in [-0.15, -0.1) is 0 Å². The molecule has 0 aliphatic carbocycles. The summed E-state index contributed by atoms with van der Waals surface area (Å²) in [5.74, 6) is 0.837. The van der Waals surface area contributed by atoms with Crippen LogP contribution in [0.3, 0.4) is 0 Å². The summed E-state index contributed by atoms with van der Waals surface area (Å²) in [6, 6.07) is 4.44. The quantitative estimate of drug-likeness (QED) is 0.848. The molecule has 0 saturated heterocycles. The van der Waals surface area contributed by atoms with E-state index in [0.29, 0.717) is 17.2 Å². The predicted octanol–water partition coefficient (Wildman–Crippen LogP) is 1.45. The Hall–Kier alpha value is -2.02. The molecule has 1 aromatic heterocycles. The van der Waals surface area contributed by atoms with Crippen molar-refractivity contribution in [2.45, 2.75) is 11.8 Å². The summed E-state index contributed by atoms with van der Waals surface area (Å²) in [5, 5.41) is 0. The lowest BCUT2D eigenvalue weighted by molar-refractivity contribution is 0.354. The maximum atomic E-state index is 12.3. The minimum atomic E-state index is -3.66. The lowest BCUT2D eigenvalue weighted by Gasteiger charge is -2.10. The molecule has 1 aromatic carbocycles. The number of nitrogens with zero attached hydrogens (tertiary/aromatic N) is 2. The molecular weight excluding hydrogens is 268 g/mol. The second-order valence-corrected chi connectivity index (χ2v) is 5.71. The van der Waals surface area contributed by atoms with E-state index in [-0.39, 0.29) is 4.90 Å². The van der Waals surface area contributed by atoms with Gasteiger partial charge in [-0.2, -0.15) is 0 Å². The number of methoxy groups -OCH3 is 2. The molecule has 0 saturated carbocycles. The lowest BCUT2D eigenvalue weighted by Crippen LogP contribution is -2.11. The minimum Gasteiger partial charge on any atom is -0.493 e. The van der Waals surface area contributed by atoms with E-state index in [9.17, 15) is 8.42 Å². The first-order valence-electron chi connectivity index (χ1n) is 5.47. The van der Waals surface area contributed by atoms with E-state index in [1.807, 2.05) is 0 Å². The van der Waals surface area contributed by atoms with Crippen molar-refractivity contribution in [1.29, 1.82) is 0 Å². The van der Waals surface area contributed by atoms with Gasteiger partial charge in [-0.25, -0.2) is 17.4 Å². The van der Waals surface area contributed by atoms with Gasteiger partial charge in [-0.05, 0) is 19.1 Å². The van der Waals surface area contributed by atoms with Crippen LogP contribution in [0.4, 0.5) is 0 Å². The van der Waals surface area contributed by atoms with Gasteiger partial charge in [0.25, 0.3) is 10.0 Å². The van der Waals surface area contributed by atoms with Crippen LogP contribution in [-0.4, -0.2) is 31.6 Å². The molecule has 0 atom stereocenters. The van der Waals surface area contributed by atoms with Crippen LogP contribution in [0.1, 0.15) is 5.69 Å². The molecule has 2 aromatic rings. The largest absolute Gasteiger partial charge is 0.493 e. The molecule has 0 unspecified atom stereocenters. The first-order chi connectivity index (χ1) is 8.98. The smallest absolute Gasteiger partial charge is 0.269 e. The summed E-state index contributed by atoms with van der Waals surface area (Å²) in [6.45, 7) is 1.72. The molecule has 7 heteroatoms. The SMILES string of the molecule is COc1ccc(S(=O)(=O)n2cnc(C)c2)cc1OC. The van der Waals surface area contributed by atoms with E-state index in [1.54, 1.807) is 13.0 Å². The molecule has 0 aliphatic heterocycles. The second-order valence-electron chi connectivity index (χ2n) is 3.87. The van der Waals surface area contributed by atoms with Crippen LogP contribution >= 0.6 is 0 Å². The number of ether oxygens (including phenoxy) is 2. The van der Waals surface area contributed by atoms with Gasteiger partial charge >= 0.3 is 0 Å². The molecule has 6 nitrogen and oxygen atoms in total. The Bertz CT molecular complexity index is 692. The first kappa shape index (κ1) is 13.4. The highest BCUT2D eigenvalue weighted by molar-refractivity contribution is 7.90. The van der Waals surface area contributed by atoms with E-state index in [0.717, 1.165) is 3.97 Å². The number of benzene rings is 1. The van der Waals surface area contributed by atoms with Crippen molar-refractivity contribution in [2.24, 2.45) is 0 Å². The number of aromatic nitrogens is 2. The zero-order chi connectivity index (χ0) is 14.0. The van der Waals surface area contributed by atoms with Crippen LogP contribution in [0.15, 0.2) is 35.6 Å². The molecule has 0 N–H and O–H groups in total. The highest BCUT2D eigenvalue weighted by Crippen LogP contribution is 2.30. The Balaban J connectivity index is 2.52. The number of hydrogen-bond donors (Lipinski definition) is 0. The average Bonchev–Trinajstić information content (AvgIpc) is 2.85. The third-order valence-corrected chi connectivity index (χ3v) is 4.22. The molecule has 102 valence electrons. The number of rotatable bonds is 4. The Morgan fingerprint density at radius 3 is 2.37 bits per heavy atom. The van der Waals surface area contributed by atoms with E-state index in [2.05, 4.69) is 4.98 Å². The van der Waals surface area contributed by atoms with Gasteiger partial charge in [0.2, 0.25) is 0 Å². The van der Waals surface area contributed by atoms with Crippen LogP contribution < -0.4 is 9.47 Å².